The number of azide groups is 1. The van der Waals surface area contributed by atoms with Crippen molar-refractivity contribution in [2.24, 2.45) is 5.11 Å². The summed E-state index contributed by atoms with van der Waals surface area (Å²) < 4.78 is 8.34. The van der Waals surface area contributed by atoms with E-state index < -0.39 is 12.3 Å². The first kappa shape index (κ1) is 20.1. The number of hydrogen-bond donors (Lipinski definition) is 2. The number of benzene rings is 3. The van der Waals surface area contributed by atoms with E-state index in [2.05, 4.69) is 35.8 Å². The van der Waals surface area contributed by atoms with Crippen molar-refractivity contribution in [1.29, 1.82) is 0 Å². The van der Waals surface area contributed by atoms with E-state index in [9.17, 15) is 5.11 Å². The van der Waals surface area contributed by atoms with E-state index in [1.54, 1.807) is 20.1 Å². The molecule has 4 aromatic rings. The second-order valence-corrected chi connectivity index (χ2v) is 7.90. The van der Waals surface area contributed by atoms with Crippen LogP contribution in [0.15, 0.2) is 70.3 Å². The molecule has 1 heterocycles. The first-order valence-electron chi connectivity index (χ1n) is 9.39. The van der Waals surface area contributed by atoms with Crippen molar-refractivity contribution in [2.45, 2.75) is 19.2 Å². The Labute approximate surface area is 181 Å². The molecule has 4 rings (SSSR count). The van der Waals surface area contributed by atoms with Crippen LogP contribution in [-0.4, -0.2) is 22.9 Å². The second kappa shape index (κ2) is 8.28. The van der Waals surface area contributed by atoms with Gasteiger partial charge in [-0.05, 0) is 54.9 Å². The smallest absolute Gasteiger partial charge is 0.130 e. The number of aliphatic hydroxyl groups excluding tert-OH is 1. The Hall–Kier alpha value is -3.19. The van der Waals surface area contributed by atoms with E-state index in [0.717, 1.165) is 37.7 Å². The molecule has 30 heavy (non-hydrogen) atoms. The van der Waals surface area contributed by atoms with E-state index in [0.29, 0.717) is 5.69 Å². The van der Waals surface area contributed by atoms with Crippen LogP contribution in [0.1, 0.15) is 13.1 Å². The third kappa shape index (κ3) is 3.68. The highest BCUT2D eigenvalue weighted by atomic mass is 79.9. The molecule has 2 N–H and O–H groups in total. The van der Waals surface area contributed by atoms with E-state index in [-0.39, 0.29) is 0 Å². The van der Waals surface area contributed by atoms with Crippen LogP contribution < -0.4 is 10.1 Å². The van der Waals surface area contributed by atoms with Crippen LogP contribution >= 0.6 is 15.9 Å². The molecule has 0 amide bonds. The normalized spacial score (nSPS) is 13.1. The Morgan fingerprint density at radius 3 is 2.53 bits per heavy atom. The first-order valence-corrected chi connectivity index (χ1v) is 10.2. The highest BCUT2D eigenvalue weighted by Gasteiger charge is 2.23. The Morgan fingerprint density at radius 2 is 1.83 bits per heavy atom. The quantitative estimate of drug-likeness (QED) is 0.193. The van der Waals surface area contributed by atoms with Crippen LogP contribution in [-0.2, 0) is 0 Å². The van der Waals surface area contributed by atoms with Crippen molar-refractivity contribution >= 4 is 49.1 Å². The number of nitrogens with one attached hydrogen (secondary N) is 1. The summed E-state index contributed by atoms with van der Waals surface area (Å²) in [7, 11) is 1.62. The molecule has 3 aromatic carbocycles. The summed E-state index contributed by atoms with van der Waals surface area (Å²) >= 11 is 3.54. The highest BCUT2D eigenvalue weighted by Crippen LogP contribution is 2.37. The lowest BCUT2D eigenvalue weighted by Gasteiger charge is -2.26. The Morgan fingerprint density at radius 1 is 1.10 bits per heavy atom. The SMILES string of the molecule is COc1cccc(NC(C(C)O)n2c3ccc(Br)cc3c3cc(N=[N+]=[N-])ccc32)c1. The average molecular weight is 466 g/mol. The monoisotopic (exact) mass is 465 g/mol. The molecule has 1 aromatic heterocycles. The molecule has 0 bridgehead atoms. The summed E-state index contributed by atoms with van der Waals surface area (Å²) in [6, 6.07) is 19.2. The fourth-order valence-corrected chi connectivity index (χ4v) is 4.07. The zero-order chi connectivity index (χ0) is 21.3. The van der Waals surface area contributed by atoms with Gasteiger partial charge in [0.25, 0.3) is 0 Å². The van der Waals surface area contributed by atoms with Gasteiger partial charge in [-0.15, -0.1) is 0 Å². The molecule has 0 fully saturated rings. The Bertz CT molecular complexity index is 1280. The van der Waals surface area contributed by atoms with Crippen molar-refractivity contribution in [3.05, 3.63) is 75.6 Å². The van der Waals surface area contributed by atoms with Gasteiger partial charge < -0.3 is 19.7 Å². The first-order chi connectivity index (χ1) is 14.5. The molecule has 0 saturated carbocycles. The predicted molar refractivity (Wildman–Crippen MR) is 123 cm³/mol. The molecule has 0 aliphatic heterocycles. The van der Waals surface area contributed by atoms with E-state index >= 15 is 0 Å². The molecule has 0 radical (unpaired) electrons. The van der Waals surface area contributed by atoms with E-state index in [4.69, 9.17) is 10.3 Å². The van der Waals surface area contributed by atoms with Crippen molar-refractivity contribution in [3.8, 4) is 5.75 Å². The minimum Gasteiger partial charge on any atom is -0.497 e. The maximum Gasteiger partial charge on any atom is 0.130 e. The molecule has 2 unspecified atom stereocenters. The molecule has 0 aliphatic rings. The molecule has 0 spiro atoms. The van der Waals surface area contributed by atoms with Gasteiger partial charge in [0.2, 0.25) is 0 Å². The van der Waals surface area contributed by atoms with Crippen molar-refractivity contribution < 1.29 is 9.84 Å². The minimum atomic E-state index is -0.699. The van der Waals surface area contributed by atoms with Crippen molar-refractivity contribution in [3.63, 3.8) is 0 Å². The summed E-state index contributed by atoms with van der Waals surface area (Å²) in [5, 5.41) is 19.8. The summed E-state index contributed by atoms with van der Waals surface area (Å²) in [5.74, 6) is 0.731. The third-order valence-electron chi connectivity index (χ3n) is 5.03. The van der Waals surface area contributed by atoms with Gasteiger partial charge in [-0.2, -0.15) is 0 Å². The van der Waals surface area contributed by atoms with Gasteiger partial charge >= 0.3 is 0 Å². The second-order valence-electron chi connectivity index (χ2n) is 6.98. The lowest BCUT2D eigenvalue weighted by Crippen LogP contribution is -2.28. The van der Waals surface area contributed by atoms with Gasteiger partial charge in [0.1, 0.15) is 11.9 Å². The number of aliphatic hydroxyl groups is 1. The number of methoxy groups -OCH3 is 1. The Kier molecular flexibility index (Phi) is 5.55. The number of anilines is 1. The van der Waals surface area contributed by atoms with E-state index in [1.165, 1.54) is 0 Å². The lowest BCUT2D eigenvalue weighted by molar-refractivity contribution is 0.147. The zero-order valence-corrected chi connectivity index (χ0v) is 18.0. The van der Waals surface area contributed by atoms with Crippen LogP contribution in [0, 0.1) is 0 Å². The van der Waals surface area contributed by atoms with E-state index in [1.807, 2.05) is 54.6 Å². The van der Waals surface area contributed by atoms with Gasteiger partial charge in [0.15, 0.2) is 0 Å². The summed E-state index contributed by atoms with van der Waals surface area (Å²) in [6.07, 6.45) is -1.14. The summed E-state index contributed by atoms with van der Waals surface area (Å²) in [4.78, 5) is 2.90. The predicted octanol–water partition coefficient (Wildman–Crippen LogP) is 6.50. The van der Waals surface area contributed by atoms with Gasteiger partial charge in [-0.3, -0.25) is 0 Å². The maximum absolute atomic E-state index is 10.7. The van der Waals surface area contributed by atoms with Crippen LogP contribution in [0.25, 0.3) is 32.2 Å². The minimum absolute atomic E-state index is 0.441. The summed E-state index contributed by atoms with van der Waals surface area (Å²) in [5.41, 5.74) is 12.1. The number of hydrogen-bond acceptors (Lipinski definition) is 4. The zero-order valence-electron chi connectivity index (χ0n) is 16.5. The highest BCUT2D eigenvalue weighted by molar-refractivity contribution is 9.10. The summed E-state index contributed by atoms with van der Waals surface area (Å²) in [6.45, 7) is 1.75. The van der Waals surface area contributed by atoms with Crippen molar-refractivity contribution in [1.82, 2.24) is 4.57 Å². The van der Waals surface area contributed by atoms with Crippen molar-refractivity contribution in [2.75, 3.05) is 12.4 Å². The largest absolute Gasteiger partial charge is 0.497 e. The molecule has 2 atom stereocenters. The molecule has 0 aliphatic carbocycles. The lowest BCUT2D eigenvalue weighted by atomic mass is 10.1. The molecule has 8 heteroatoms. The fourth-order valence-electron chi connectivity index (χ4n) is 3.71. The fraction of sp³-hybridized carbons (Fsp3) is 0.182. The topological polar surface area (TPSA) is 95.2 Å². The number of fused-ring (bicyclic) bond motifs is 3. The number of nitrogens with zero attached hydrogens (tertiary/aromatic N) is 4. The van der Waals surface area contributed by atoms with Crippen LogP contribution in [0.2, 0.25) is 0 Å². The molecule has 7 nitrogen and oxygen atoms in total. The number of rotatable bonds is 6. The molecule has 0 saturated heterocycles. The van der Waals surface area contributed by atoms with Gasteiger partial charge in [0, 0.05) is 37.6 Å². The van der Waals surface area contributed by atoms with Gasteiger partial charge in [-0.1, -0.05) is 33.2 Å². The molecule has 152 valence electrons. The third-order valence-corrected chi connectivity index (χ3v) is 5.52. The van der Waals surface area contributed by atoms with Gasteiger partial charge in [-0.25, -0.2) is 0 Å². The number of ether oxygens (including phenoxy) is 1. The van der Waals surface area contributed by atoms with Gasteiger partial charge in [0.05, 0.1) is 24.2 Å². The maximum atomic E-state index is 10.7. The number of aromatic nitrogens is 1. The Balaban J connectivity index is 1.94. The van der Waals surface area contributed by atoms with Crippen LogP contribution in [0.5, 0.6) is 5.75 Å². The average Bonchev–Trinajstić information content (AvgIpc) is 3.05. The van der Waals surface area contributed by atoms with Crippen LogP contribution in [0.4, 0.5) is 11.4 Å². The van der Waals surface area contributed by atoms with Crippen LogP contribution in [0.3, 0.4) is 0 Å². The standard InChI is InChI=1S/C22H20BrN5O2/c1-13(29)22(25-15-4-3-5-17(11-15)30-2)28-20-8-6-14(23)10-18(20)19-12-16(26-27-24)7-9-21(19)28/h3-13,22,25,29H,1-2H3. The number of halogens is 1. The molecular weight excluding hydrogens is 446 g/mol. The molecular formula is C22H20BrN5O2.